The topological polar surface area (TPSA) is 111 Å². The number of benzene rings is 1. The molecule has 28 heavy (non-hydrogen) atoms. The zero-order valence-electron chi connectivity index (χ0n) is 15.8. The second kappa shape index (κ2) is 7.95. The third-order valence-corrected chi connectivity index (χ3v) is 4.32. The number of carbonyl (C=O) groups is 2. The van der Waals surface area contributed by atoms with E-state index in [2.05, 4.69) is 15.6 Å². The van der Waals surface area contributed by atoms with E-state index in [0.29, 0.717) is 11.3 Å². The van der Waals surface area contributed by atoms with Crippen molar-refractivity contribution in [1.82, 2.24) is 24.9 Å². The van der Waals surface area contributed by atoms with Gasteiger partial charge in [0.25, 0.3) is 5.91 Å². The van der Waals surface area contributed by atoms with Gasteiger partial charge in [0.15, 0.2) is 0 Å². The van der Waals surface area contributed by atoms with E-state index in [1.54, 1.807) is 7.11 Å². The first-order chi connectivity index (χ1) is 13.4. The number of aliphatic carboxylic acids is 1. The number of carboxylic acids is 1. The molecule has 0 aliphatic carbocycles. The summed E-state index contributed by atoms with van der Waals surface area (Å²) < 4.78 is 8.39. The van der Waals surface area contributed by atoms with Gasteiger partial charge in [0.1, 0.15) is 18.0 Å². The Bertz CT molecular complexity index is 1000. The largest absolute Gasteiger partial charge is 0.497 e. The molecule has 2 N–H and O–H groups in total. The SMILES string of the molecule is COc1ccc(-n2c(C)cc(C(=O)NCc3cn(CC(=O)O)nn3)c2C)cc1. The summed E-state index contributed by atoms with van der Waals surface area (Å²) in [6, 6.07) is 9.43. The Kier molecular flexibility index (Phi) is 5.44. The molecule has 0 saturated carbocycles. The van der Waals surface area contributed by atoms with E-state index in [1.807, 2.05) is 48.7 Å². The summed E-state index contributed by atoms with van der Waals surface area (Å²) in [5, 5.41) is 19.1. The number of aryl methyl sites for hydroxylation is 1. The lowest BCUT2D eigenvalue weighted by Gasteiger charge is -2.11. The van der Waals surface area contributed by atoms with Crippen molar-refractivity contribution in [2.75, 3.05) is 7.11 Å². The van der Waals surface area contributed by atoms with Crippen LogP contribution < -0.4 is 10.1 Å². The highest BCUT2D eigenvalue weighted by molar-refractivity contribution is 5.95. The third-order valence-electron chi connectivity index (χ3n) is 4.32. The first kappa shape index (κ1) is 19.2. The molecule has 3 rings (SSSR count). The average Bonchev–Trinajstić information content (AvgIpc) is 3.23. The van der Waals surface area contributed by atoms with E-state index in [-0.39, 0.29) is 19.0 Å². The van der Waals surface area contributed by atoms with Crippen LogP contribution in [0.3, 0.4) is 0 Å². The lowest BCUT2D eigenvalue weighted by molar-refractivity contribution is -0.137. The van der Waals surface area contributed by atoms with Crippen molar-refractivity contribution in [3.05, 3.63) is 59.2 Å². The molecular formula is C19H21N5O4. The lowest BCUT2D eigenvalue weighted by atomic mass is 10.2. The maximum absolute atomic E-state index is 12.6. The molecule has 9 heteroatoms. The molecule has 0 aliphatic heterocycles. The quantitative estimate of drug-likeness (QED) is 0.642. The number of carbonyl (C=O) groups excluding carboxylic acids is 1. The first-order valence-corrected chi connectivity index (χ1v) is 8.61. The van der Waals surface area contributed by atoms with Gasteiger partial charge in [0.2, 0.25) is 0 Å². The number of aromatic nitrogens is 4. The average molecular weight is 383 g/mol. The van der Waals surface area contributed by atoms with E-state index >= 15 is 0 Å². The van der Waals surface area contributed by atoms with Gasteiger partial charge in [0, 0.05) is 17.1 Å². The van der Waals surface area contributed by atoms with Crippen LogP contribution in [-0.4, -0.2) is 43.7 Å². The number of hydrogen-bond donors (Lipinski definition) is 2. The van der Waals surface area contributed by atoms with E-state index in [1.165, 1.54) is 10.9 Å². The molecule has 1 aromatic carbocycles. The Balaban J connectivity index is 1.73. The van der Waals surface area contributed by atoms with Crippen molar-refractivity contribution in [2.24, 2.45) is 0 Å². The van der Waals surface area contributed by atoms with E-state index in [0.717, 1.165) is 22.8 Å². The van der Waals surface area contributed by atoms with Crippen molar-refractivity contribution in [3.8, 4) is 11.4 Å². The van der Waals surface area contributed by atoms with Gasteiger partial charge in [-0.1, -0.05) is 5.21 Å². The molecule has 146 valence electrons. The summed E-state index contributed by atoms with van der Waals surface area (Å²) in [6.07, 6.45) is 1.50. The zero-order valence-corrected chi connectivity index (χ0v) is 15.8. The fourth-order valence-electron chi connectivity index (χ4n) is 3.02. The first-order valence-electron chi connectivity index (χ1n) is 8.61. The van der Waals surface area contributed by atoms with Gasteiger partial charge in [-0.2, -0.15) is 0 Å². The maximum Gasteiger partial charge on any atom is 0.325 e. The van der Waals surface area contributed by atoms with Crippen LogP contribution >= 0.6 is 0 Å². The fourth-order valence-corrected chi connectivity index (χ4v) is 3.02. The molecule has 0 aliphatic rings. The second-order valence-corrected chi connectivity index (χ2v) is 6.30. The number of nitrogens with zero attached hydrogens (tertiary/aromatic N) is 4. The molecule has 3 aromatic rings. The normalized spacial score (nSPS) is 10.7. The Morgan fingerprint density at radius 1 is 1.21 bits per heavy atom. The number of nitrogens with one attached hydrogen (secondary N) is 1. The molecule has 2 heterocycles. The number of methoxy groups -OCH3 is 1. The molecule has 0 unspecified atom stereocenters. The van der Waals surface area contributed by atoms with Gasteiger partial charge < -0.3 is 19.7 Å². The third kappa shape index (κ3) is 4.03. The smallest absolute Gasteiger partial charge is 0.325 e. The molecule has 0 radical (unpaired) electrons. The summed E-state index contributed by atoms with van der Waals surface area (Å²) in [6.45, 7) is 3.70. The van der Waals surface area contributed by atoms with E-state index in [4.69, 9.17) is 9.84 Å². The number of hydrogen-bond acceptors (Lipinski definition) is 5. The summed E-state index contributed by atoms with van der Waals surface area (Å²) in [7, 11) is 1.61. The summed E-state index contributed by atoms with van der Waals surface area (Å²) in [5.41, 5.74) is 3.73. The second-order valence-electron chi connectivity index (χ2n) is 6.30. The minimum atomic E-state index is -1.01. The summed E-state index contributed by atoms with van der Waals surface area (Å²) in [5.74, 6) is -0.479. The minimum absolute atomic E-state index is 0.157. The number of ether oxygens (including phenoxy) is 1. The van der Waals surface area contributed by atoms with Gasteiger partial charge in [0.05, 0.1) is 25.4 Å². The fraction of sp³-hybridized carbons (Fsp3) is 0.263. The van der Waals surface area contributed by atoms with Crippen LogP contribution in [0.1, 0.15) is 27.4 Å². The number of amides is 1. The van der Waals surface area contributed by atoms with Crippen LogP contribution in [0.25, 0.3) is 5.69 Å². The minimum Gasteiger partial charge on any atom is -0.497 e. The van der Waals surface area contributed by atoms with Gasteiger partial charge in [-0.15, -0.1) is 5.10 Å². The van der Waals surface area contributed by atoms with Gasteiger partial charge in [-0.05, 0) is 44.2 Å². The molecule has 0 bridgehead atoms. The van der Waals surface area contributed by atoms with Gasteiger partial charge >= 0.3 is 5.97 Å². The number of rotatable bonds is 7. The Morgan fingerprint density at radius 2 is 1.93 bits per heavy atom. The molecule has 0 fully saturated rings. The lowest BCUT2D eigenvalue weighted by Crippen LogP contribution is -2.23. The standard InChI is InChI=1S/C19H21N5O4/c1-12-8-17(13(2)24(12)15-4-6-16(28-3)7-5-15)19(27)20-9-14-10-23(22-21-14)11-18(25)26/h4-8,10H,9,11H2,1-3H3,(H,20,27)(H,25,26). The molecule has 9 nitrogen and oxygen atoms in total. The zero-order chi connectivity index (χ0) is 20.3. The molecule has 0 atom stereocenters. The van der Waals surface area contributed by atoms with Crippen molar-refractivity contribution < 1.29 is 19.4 Å². The highest BCUT2D eigenvalue weighted by Crippen LogP contribution is 2.22. The van der Waals surface area contributed by atoms with E-state index in [9.17, 15) is 9.59 Å². The van der Waals surface area contributed by atoms with Crippen molar-refractivity contribution in [3.63, 3.8) is 0 Å². The molecule has 0 saturated heterocycles. The molecular weight excluding hydrogens is 362 g/mol. The summed E-state index contributed by atoms with van der Waals surface area (Å²) >= 11 is 0. The highest BCUT2D eigenvalue weighted by atomic mass is 16.5. The summed E-state index contributed by atoms with van der Waals surface area (Å²) in [4.78, 5) is 23.3. The Labute approximate surface area is 161 Å². The van der Waals surface area contributed by atoms with Crippen molar-refractivity contribution >= 4 is 11.9 Å². The van der Waals surface area contributed by atoms with E-state index < -0.39 is 5.97 Å². The van der Waals surface area contributed by atoms with Crippen molar-refractivity contribution in [1.29, 1.82) is 0 Å². The van der Waals surface area contributed by atoms with Crippen molar-refractivity contribution in [2.45, 2.75) is 26.9 Å². The molecule has 1 amide bonds. The molecule has 0 spiro atoms. The predicted octanol–water partition coefficient (Wildman–Crippen LogP) is 1.71. The number of carboxylic acid groups (broad SMARTS) is 1. The Hall–Kier alpha value is -3.62. The monoisotopic (exact) mass is 383 g/mol. The predicted molar refractivity (Wildman–Crippen MR) is 101 cm³/mol. The van der Waals surface area contributed by atoms with Crippen LogP contribution in [0.5, 0.6) is 5.75 Å². The van der Waals surface area contributed by atoms with Crippen LogP contribution in [0, 0.1) is 13.8 Å². The van der Waals surface area contributed by atoms with Crippen LogP contribution in [0.4, 0.5) is 0 Å². The van der Waals surface area contributed by atoms with Crippen LogP contribution in [0.15, 0.2) is 36.5 Å². The maximum atomic E-state index is 12.6. The van der Waals surface area contributed by atoms with Crippen LogP contribution in [0.2, 0.25) is 0 Å². The molecule has 2 aromatic heterocycles. The van der Waals surface area contributed by atoms with Gasteiger partial charge in [-0.25, -0.2) is 4.68 Å². The highest BCUT2D eigenvalue weighted by Gasteiger charge is 2.17. The van der Waals surface area contributed by atoms with Crippen LogP contribution in [-0.2, 0) is 17.9 Å². The Morgan fingerprint density at radius 3 is 2.57 bits per heavy atom. The van der Waals surface area contributed by atoms with Gasteiger partial charge in [-0.3, -0.25) is 9.59 Å².